The van der Waals surface area contributed by atoms with Crippen molar-refractivity contribution in [1.29, 1.82) is 0 Å². The first-order chi connectivity index (χ1) is 43.0. The van der Waals surface area contributed by atoms with Gasteiger partial charge < -0.3 is 18.9 Å². The van der Waals surface area contributed by atoms with Crippen LogP contribution < -0.4 is 56.7 Å². The number of alkyl halides is 4. The van der Waals surface area contributed by atoms with Crippen LogP contribution in [0.25, 0.3) is 0 Å². The third-order valence-electron chi connectivity index (χ3n) is 16.1. The van der Waals surface area contributed by atoms with Gasteiger partial charge in [-0.2, -0.15) is 35.9 Å². The van der Waals surface area contributed by atoms with Gasteiger partial charge in [0, 0.05) is 36.9 Å². The Kier molecular flexibility index (Phi) is 34.3. The molecule has 482 valence electrons. The number of hydrogen-bond acceptors (Lipinski definition) is 8. The Bertz CT molecular complexity index is 3700. The van der Waals surface area contributed by atoms with Crippen LogP contribution in [0.1, 0.15) is 173 Å². The first-order valence-electron chi connectivity index (χ1n) is 31.0. The minimum Gasteiger partial charge on any atom is -0.517 e. The van der Waals surface area contributed by atoms with Gasteiger partial charge in [-0.05, 0) is 149 Å². The number of sulfone groups is 2. The van der Waals surface area contributed by atoms with E-state index in [4.69, 9.17) is 18.9 Å². The molecule has 2 unspecified atom stereocenters. The first kappa shape index (κ1) is 80.4. The van der Waals surface area contributed by atoms with Gasteiger partial charge >= 0.3 is 37.7 Å². The summed E-state index contributed by atoms with van der Waals surface area (Å²) < 4.78 is 77.5. The van der Waals surface area contributed by atoms with E-state index in [-0.39, 0.29) is 68.0 Å². The first-order valence-corrected chi connectivity index (χ1v) is 38.1. The van der Waals surface area contributed by atoms with E-state index in [1.54, 1.807) is 56.7 Å². The van der Waals surface area contributed by atoms with Gasteiger partial charge in [-0.15, -0.1) is 18.2 Å². The molecule has 0 spiro atoms. The maximum Gasteiger partial charge on any atom is 1.00 e. The molecule has 0 saturated carbocycles. The van der Waals surface area contributed by atoms with Gasteiger partial charge in [0.2, 0.25) is 9.84 Å². The molecule has 0 bridgehead atoms. The number of hydrogen-bond donors (Lipinski definition) is 0. The molecule has 0 saturated heterocycles. The van der Waals surface area contributed by atoms with Crippen molar-refractivity contribution in [2.75, 3.05) is 24.9 Å². The molecule has 8 nitrogen and oxygen atoms in total. The largest absolute Gasteiger partial charge is 1.00 e. The molecule has 0 aliphatic rings. The quantitative estimate of drug-likeness (QED) is 0.0198. The fourth-order valence-corrected chi connectivity index (χ4v) is 15.7. The van der Waals surface area contributed by atoms with Crippen molar-refractivity contribution in [3.63, 3.8) is 0 Å². The molecule has 0 N–H and O–H groups in total. The average Bonchev–Trinajstić information content (AvgIpc) is 0.805. The maximum atomic E-state index is 14.5. The molecule has 8 aromatic rings. The molecule has 92 heavy (non-hydrogen) atoms. The van der Waals surface area contributed by atoms with E-state index < -0.39 is 19.7 Å². The van der Waals surface area contributed by atoms with Crippen LogP contribution in [0.15, 0.2) is 189 Å². The summed E-state index contributed by atoms with van der Waals surface area (Å²) in [4.78, 5) is 0.715. The second-order valence-electron chi connectivity index (χ2n) is 23.5. The normalized spacial score (nSPS) is 12.1. The molecule has 8 rings (SSSR count). The zero-order valence-corrected chi connectivity index (χ0v) is 63.8. The third kappa shape index (κ3) is 22.8. The van der Waals surface area contributed by atoms with Crippen LogP contribution in [0.2, 0.25) is 0 Å². The van der Waals surface area contributed by atoms with Crippen molar-refractivity contribution in [3.8, 4) is 34.5 Å². The van der Waals surface area contributed by atoms with Crippen LogP contribution in [-0.2, 0) is 30.5 Å². The van der Waals surface area contributed by atoms with E-state index in [9.17, 15) is 16.8 Å². The van der Waals surface area contributed by atoms with Crippen LogP contribution in [0.3, 0.4) is 0 Å². The standard InChI is InChI=1S/C41H50Br2O4S.C29H26O4S.C6H12Br2.2Li/c1-7-9-11-13-37(42)35-27-29(3)15-25-39(35)48(44,45)40-26-24-34(28-36(40)38(43)14-12-10-8-2)47-33-22-18-31(19-23-33)41(4,5)30-16-20-32(46-6)21-17-30;1-21-5-17-27(18-6-21)34(30,31)28-19-15-26(16-20-28)33-25-13-9-23(10-14-25)29(2,3)22-7-11-24(32-4)12-8-22;7-5-3-1-2-4-6-8;;/h15-28,37-38H,7-14H2,1-6H3;5-17,19H,1-4H3;1-6H2;;/q;-2;;2*+1. The molecule has 0 fully saturated rings. The SMILES string of the molecule is BrCCCCCCBr.CCCCCC(Br)c1cc(C)ccc1S(=O)(=O)c1ccc(Oc2ccc(C(C)(C)c3ccc(OC)cc3)cc2)cc1C(Br)CCCCC.COc1ccc(C(C)(C)c2ccc(Oc3c[c-]c(S(=O)(=O)c4[c-]cc(C)cc4)cc3)cc2)cc1.[Li+].[Li+]. The Morgan fingerprint density at radius 1 is 0.413 bits per heavy atom. The van der Waals surface area contributed by atoms with Gasteiger partial charge in [0.1, 0.15) is 28.7 Å². The van der Waals surface area contributed by atoms with Crippen molar-refractivity contribution in [3.05, 3.63) is 226 Å². The Hall–Kier alpha value is -4.03. The van der Waals surface area contributed by atoms with Gasteiger partial charge in [0.05, 0.1) is 24.0 Å². The van der Waals surface area contributed by atoms with Gasteiger partial charge in [-0.1, -0.05) is 230 Å². The van der Waals surface area contributed by atoms with E-state index in [1.807, 2.05) is 92.7 Å². The van der Waals surface area contributed by atoms with Gasteiger partial charge in [-0.25, -0.2) is 16.8 Å². The monoisotopic (exact) mass is 1520 g/mol. The van der Waals surface area contributed by atoms with Gasteiger partial charge in [0.15, 0.2) is 9.84 Å². The Morgan fingerprint density at radius 2 is 0.772 bits per heavy atom. The molecular weight excluding hydrogens is 1440 g/mol. The summed E-state index contributed by atoms with van der Waals surface area (Å²) in [7, 11) is -4.17. The molecule has 8 aromatic carbocycles. The fourth-order valence-electron chi connectivity index (χ4n) is 10.3. The van der Waals surface area contributed by atoms with Crippen molar-refractivity contribution < 1.29 is 73.5 Å². The number of ether oxygens (including phenoxy) is 4. The molecule has 0 aliphatic carbocycles. The number of unbranched alkanes of at least 4 members (excludes halogenated alkanes) is 7. The van der Waals surface area contributed by atoms with E-state index in [0.717, 1.165) is 107 Å². The summed E-state index contributed by atoms with van der Waals surface area (Å²) >= 11 is 14.5. The minimum atomic E-state index is -3.83. The molecule has 0 aliphatic heterocycles. The molecule has 0 amide bonds. The summed E-state index contributed by atoms with van der Waals surface area (Å²) in [6.07, 6.45) is 13.6. The van der Waals surface area contributed by atoms with E-state index >= 15 is 0 Å². The smallest absolute Gasteiger partial charge is 0.517 e. The number of aryl methyl sites for hydroxylation is 2. The average molecular weight is 1530 g/mol. The second-order valence-corrected chi connectivity index (χ2v) is 31.1. The van der Waals surface area contributed by atoms with Crippen LogP contribution in [0.4, 0.5) is 0 Å². The zero-order valence-electron chi connectivity index (χ0n) is 55.8. The molecular formula is C76H88Br4Li2O8S2. The minimum absolute atomic E-state index is 0. The second kappa shape index (κ2) is 39.3. The Balaban J connectivity index is 0.000000357. The molecule has 0 heterocycles. The van der Waals surface area contributed by atoms with Crippen LogP contribution in [0, 0.1) is 26.0 Å². The summed E-state index contributed by atoms with van der Waals surface area (Å²) in [5.41, 5.74) is 7.81. The van der Waals surface area contributed by atoms with E-state index in [1.165, 1.54) is 48.9 Å². The topological polar surface area (TPSA) is 105 Å². The molecule has 0 radical (unpaired) electrons. The zero-order chi connectivity index (χ0) is 65.5. The number of rotatable bonds is 29. The predicted molar refractivity (Wildman–Crippen MR) is 385 cm³/mol. The number of methoxy groups -OCH3 is 2. The molecule has 2 atom stereocenters. The molecule has 16 heteroatoms. The number of halogens is 4. The predicted octanol–water partition coefficient (Wildman–Crippen LogP) is 16.9. The van der Waals surface area contributed by atoms with Gasteiger partial charge in [-0.3, -0.25) is 0 Å². The maximum absolute atomic E-state index is 14.5. The third-order valence-corrected chi connectivity index (χ3v) is 22.7. The van der Waals surface area contributed by atoms with E-state index in [0.29, 0.717) is 32.8 Å². The van der Waals surface area contributed by atoms with Crippen LogP contribution in [-0.4, -0.2) is 41.7 Å². The Morgan fingerprint density at radius 3 is 1.15 bits per heavy atom. The van der Waals surface area contributed by atoms with Crippen molar-refractivity contribution in [2.24, 2.45) is 0 Å². The van der Waals surface area contributed by atoms with Crippen LogP contribution >= 0.6 is 63.7 Å². The summed E-state index contributed by atoms with van der Waals surface area (Å²) in [6, 6.07) is 58.6. The fraction of sp³-hybridized carbons (Fsp3) is 0.368. The Labute approximate surface area is 609 Å². The summed E-state index contributed by atoms with van der Waals surface area (Å²) in [6.45, 7) is 17.0. The van der Waals surface area contributed by atoms with Crippen molar-refractivity contribution in [2.45, 2.75) is 173 Å². The summed E-state index contributed by atoms with van der Waals surface area (Å²) in [5.74, 6) is 4.13. The van der Waals surface area contributed by atoms with Crippen LogP contribution in [0.5, 0.6) is 34.5 Å². The number of benzene rings is 8. The molecule has 0 aromatic heterocycles. The van der Waals surface area contributed by atoms with Crippen molar-refractivity contribution >= 4 is 83.4 Å². The van der Waals surface area contributed by atoms with E-state index in [2.05, 4.69) is 154 Å². The summed E-state index contributed by atoms with van der Waals surface area (Å²) in [5, 5.41) is 2.32. The van der Waals surface area contributed by atoms with Gasteiger partial charge in [0.25, 0.3) is 0 Å². The van der Waals surface area contributed by atoms with Crippen molar-refractivity contribution in [1.82, 2.24) is 0 Å².